The van der Waals surface area contributed by atoms with Crippen LogP contribution in [-0.4, -0.2) is 30.5 Å². The van der Waals surface area contributed by atoms with E-state index in [1.165, 1.54) is 25.7 Å². The first-order valence-corrected chi connectivity index (χ1v) is 7.55. The fourth-order valence-corrected chi connectivity index (χ4v) is 2.49. The third-order valence-electron chi connectivity index (χ3n) is 3.34. The molecule has 0 aromatic heterocycles. The average molecular weight is 244 g/mol. The highest BCUT2D eigenvalue weighted by molar-refractivity contribution is 7.98. The number of nitrogens with two attached hydrogens (primary N) is 1. The second-order valence-electron chi connectivity index (χ2n) is 4.86. The van der Waals surface area contributed by atoms with E-state index in [9.17, 15) is 4.79 Å². The molecule has 94 valence electrons. The first-order chi connectivity index (χ1) is 7.63. The van der Waals surface area contributed by atoms with E-state index in [-0.39, 0.29) is 11.9 Å². The molecule has 0 unspecified atom stereocenters. The number of hydrogen-bond donors (Lipinski definition) is 2. The van der Waals surface area contributed by atoms with Crippen molar-refractivity contribution in [2.24, 2.45) is 11.1 Å². The van der Waals surface area contributed by atoms with Gasteiger partial charge in [-0.3, -0.25) is 4.79 Å². The van der Waals surface area contributed by atoms with Crippen LogP contribution in [0, 0.1) is 5.41 Å². The van der Waals surface area contributed by atoms with E-state index in [2.05, 4.69) is 12.2 Å². The van der Waals surface area contributed by atoms with Crippen molar-refractivity contribution in [2.75, 3.05) is 18.6 Å². The molecule has 0 heterocycles. The summed E-state index contributed by atoms with van der Waals surface area (Å²) in [4.78, 5) is 11.7. The molecule has 3 N–H and O–H groups in total. The van der Waals surface area contributed by atoms with E-state index >= 15 is 0 Å². The van der Waals surface area contributed by atoms with Gasteiger partial charge in [-0.05, 0) is 43.1 Å². The smallest absolute Gasteiger partial charge is 0.236 e. The molecule has 0 bridgehead atoms. The molecule has 0 aliphatic heterocycles. The molecule has 0 saturated heterocycles. The summed E-state index contributed by atoms with van der Waals surface area (Å²) in [7, 11) is 0. The highest BCUT2D eigenvalue weighted by Crippen LogP contribution is 2.48. The Bertz CT molecular complexity index is 229. The van der Waals surface area contributed by atoms with Crippen molar-refractivity contribution in [2.45, 2.75) is 45.1 Å². The molecule has 1 aliphatic carbocycles. The van der Waals surface area contributed by atoms with Gasteiger partial charge in [0.1, 0.15) is 0 Å². The standard InChI is InChI=1S/C12H24N2OS/c1-3-5-12(6-7-12)9-14-11(15)10(13)4-8-16-2/h10H,3-9,13H2,1-2H3,(H,14,15)/t10-/m1/s1. The fourth-order valence-electron chi connectivity index (χ4n) is 2.00. The molecule has 1 amide bonds. The Morgan fingerprint density at radius 1 is 1.56 bits per heavy atom. The van der Waals surface area contributed by atoms with Gasteiger partial charge in [0.15, 0.2) is 0 Å². The Hall–Kier alpha value is -0.220. The number of hydrogen-bond acceptors (Lipinski definition) is 3. The van der Waals surface area contributed by atoms with Crippen LogP contribution >= 0.6 is 11.8 Å². The van der Waals surface area contributed by atoms with Crippen LogP contribution in [0.1, 0.15) is 39.0 Å². The van der Waals surface area contributed by atoms with Gasteiger partial charge >= 0.3 is 0 Å². The van der Waals surface area contributed by atoms with E-state index in [0.29, 0.717) is 5.41 Å². The summed E-state index contributed by atoms with van der Waals surface area (Å²) in [6, 6.07) is -0.329. The third-order valence-corrected chi connectivity index (χ3v) is 3.99. The van der Waals surface area contributed by atoms with Gasteiger partial charge in [-0.2, -0.15) is 11.8 Å². The number of carbonyl (C=O) groups excluding carboxylic acids is 1. The summed E-state index contributed by atoms with van der Waals surface area (Å²) in [5.41, 5.74) is 6.22. The molecule has 3 nitrogen and oxygen atoms in total. The lowest BCUT2D eigenvalue weighted by Gasteiger charge is -2.17. The predicted octanol–water partition coefficient (Wildman–Crippen LogP) is 1.76. The van der Waals surface area contributed by atoms with Crippen molar-refractivity contribution in [3.05, 3.63) is 0 Å². The van der Waals surface area contributed by atoms with E-state index in [4.69, 9.17) is 5.73 Å². The summed E-state index contributed by atoms with van der Waals surface area (Å²) < 4.78 is 0. The first kappa shape index (κ1) is 13.8. The van der Waals surface area contributed by atoms with Crippen LogP contribution in [0.2, 0.25) is 0 Å². The molecule has 0 radical (unpaired) electrons. The Labute approximate surface area is 103 Å². The van der Waals surface area contributed by atoms with Crippen LogP contribution in [0.3, 0.4) is 0 Å². The maximum absolute atomic E-state index is 11.7. The van der Waals surface area contributed by atoms with Gasteiger partial charge in [-0.1, -0.05) is 13.3 Å². The highest BCUT2D eigenvalue weighted by Gasteiger charge is 2.41. The van der Waals surface area contributed by atoms with Crippen molar-refractivity contribution in [3.63, 3.8) is 0 Å². The maximum atomic E-state index is 11.7. The average Bonchev–Trinajstić information content (AvgIpc) is 3.03. The molecule has 0 spiro atoms. The predicted molar refractivity (Wildman–Crippen MR) is 70.6 cm³/mol. The molecule has 0 aromatic carbocycles. The van der Waals surface area contributed by atoms with Gasteiger partial charge in [-0.25, -0.2) is 0 Å². The largest absolute Gasteiger partial charge is 0.354 e. The summed E-state index contributed by atoms with van der Waals surface area (Å²) in [5, 5.41) is 3.01. The van der Waals surface area contributed by atoms with Crippen molar-refractivity contribution < 1.29 is 4.79 Å². The van der Waals surface area contributed by atoms with E-state index in [0.717, 1.165) is 18.7 Å². The van der Waals surface area contributed by atoms with Crippen LogP contribution < -0.4 is 11.1 Å². The van der Waals surface area contributed by atoms with Crippen LogP contribution in [0.5, 0.6) is 0 Å². The zero-order valence-electron chi connectivity index (χ0n) is 10.4. The molecule has 1 aliphatic rings. The van der Waals surface area contributed by atoms with Gasteiger partial charge in [0.25, 0.3) is 0 Å². The zero-order chi connectivity index (χ0) is 12.0. The summed E-state index contributed by atoms with van der Waals surface area (Å²) in [5.74, 6) is 0.978. The quantitative estimate of drug-likeness (QED) is 0.684. The minimum Gasteiger partial charge on any atom is -0.354 e. The van der Waals surface area contributed by atoms with Crippen LogP contribution in [0.25, 0.3) is 0 Å². The summed E-state index contributed by atoms with van der Waals surface area (Å²) >= 11 is 1.73. The molecular formula is C12H24N2OS. The lowest BCUT2D eigenvalue weighted by molar-refractivity contribution is -0.122. The van der Waals surface area contributed by atoms with Gasteiger partial charge in [0.2, 0.25) is 5.91 Å². The molecule has 1 fully saturated rings. The van der Waals surface area contributed by atoms with E-state index in [1.807, 2.05) is 6.26 Å². The Morgan fingerprint density at radius 2 is 2.25 bits per heavy atom. The third kappa shape index (κ3) is 4.34. The monoisotopic (exact) mass is 244 g/mol. The number of carbonyl (C=O) groups is 1. The van der Waals surface area contributed by atoms with Crippen LogP contribution in [-0.2, 0) is 4.79 Å². The highest BCUT2D eigenvalue weighted by atomic mass is 32.2. The molecule has 16 heavy (non-hydrogen) atoms. The number of thioether (sulfide) groups is 1. The van der Waals surface area contributed by atoms with Crippen LogP contribution in [0.15, 0.2) is 0 Å². The molecular weight excluding hydrogens is 220 g/mol. The molecule has 1 rings (SSSR count). The number of nitrogens with one attached hydrogen (secondary N) is 1. The maximum Gasteiger partial charge on any atom is 0.236 e. The van der Waals surface area contributed by atoms with Gasteiger partial charge in [0.05, 0.1) is 6.04 Å². The lowest BCUT2D eigenvalue weighted by atomic mass is 10.0. The number of rotatable bonds is 8. The van der Waals surface area contributed by atoms with E-state index < -0.39 is 0 Å². The van der Waals surface area contributed by atoms with Crippen molar-refractivity contribution >= 4 is 17.7 Å². The second-order valence-corrected chi connectivity index (χ2v) is 5.84. The molecule has 1 saturated carbocycles. The second kappa shape index (κ2) is 6.50. The Kier molecular flexibility index (Phi) is 5.62. The molecule has 0 aromatic rings. The van der Waals surface area contributed by atoms with Crippen molar-refractivity contribution in [3.8, 4) is 0 Å². The molecule has 1 atom stereocenters. The van der Waals surface area contributed by atoms with Crippen molar-refractivity contribution in [1.82, 2.24) is 5.32 Å². The minimum atomic E-state index is -0.329. The van der Waals surface area contributed by atoms with Crippen molar-refractivity contribution in [1.29, 1.82) is 0 Å². The zero-order valence-corrected chi connectivity index (χ0v) is 11.2. The lowest BCUT2D eigenvalue weighted by Crippen LogP contribution is -2.43. The summed E-state index contributed by atoms with van der Waals surface area (Å²) in [6.45, 7) is 3.03. The molecule has 4 heteroatoms. The minimum absolute atomic E-state index is 0.0245. The van der Waals surface area contributed by atoms with E-state index in [1.54, 1.807) is 11.8 Å². The van der Waals surface area contributed by atoms with Gasteiger partial charge in [0, 0.05) is 6.54 Å². The SMILES string of the molecule is CCCC1(CNC(=O)[C@H](N)CCSC)CC1. The first-order valence-electron chi connectivity index (χ1n) is 6.16. The summed E-state index contributed by atoms with van der Waals surface area (Å²) in [6.07, 6.45) is 7.77. The van der Waals surface area contributed by atoms with Crippen LogP contribution in [0.4, 0.5) is 0 Å². The van der Waals surface area contributed by atoms with Gasteiger partial charge < -0.3 is 11.1 Å². The number of amides is 1. The van der Waals surface area contributed by atoms with Gasteiger partial charge in [-0.15, -0.1) is 0 Å². The Balaban J connectivity index is 2.19. The topological polar surface area (TPSA) is 55.1 Å². The Morgan fingerprint density at radius 3 is 2.75 bits per heavy atom. The normalized spacial score (nSPS) is 19.2. The fraction of sp³-hybridized carbons (Fsp3) is 0.917.